The highest BCUT2D eigenvalue weighted by atomic mass is 16.5. The zero-order chi connectivity index (χ0) is 12.0. The fourth-order valence-electron chi connectivity index (χ4n) is 3.02. The number of phenolic OH excluding ortho intramolecular Hbond substituents is 2. The van der Waals surface area contributed by atoms with Gasteiger partial charge in [0, 0.05) is 18.1 Å². The summed E-state index contributed by atoms with van der Waals surface area (Å²) in [5.74, 6) is 0.194. The number of phenols is 2. The van der Waals surface area contributed by atoms with Crippen LogP contribution < -0.4 is 4.74 Å². The van der Waals surface area contributed by atoms with Crippen LogP contribution in [-0.2, 0) is 0 Å². The van der Waals surface area contributed by atoms with Gasteiger partial charge >= 0.3 is 0 Å². The lowest BCUT2D eigenvalue weighted by molar-refractivity contribution is -0.0116. The third kappa shape index (κ3) is 1.63. The van der Waals surface area contributed by atoms with Crippen molar-refractivity contribution >= 4 is 0 Å². The molecule has 1 saturated carbocycles. The van der Waals surface area contributed by atoms with Crippen molar-refractivity contribution in [1.82, 2.24) is 0 Å². The average molecular weight is 236 g/mol. The second kappa shape index (κ2) is 3.53. The third-order valence-electron chi connectivity index (χ3n) is 3.84. The van der Waals surface area contributed by atoms with Crippen LogP contribution in [0.2, 0.25) is 0 Å². The summed E-state index contributed by atoms with van der Waals surface area (Å²) in [5, 5.41) is 29.4. The van der Waals surface area contributed by atoms with Crippen LogP contribution in [0, 0.1) is 0 Å². The van der Waals surface area contributed by atoms with Crippen molar-refractivity contribution in [1.29, 1.82) is 0 Å². The highest BCUT2D eigenvalue weighted by molar-refractivity contribution is 5.53. The molecule has 0 aromatic heterocycles. The molecule has 1 spiro atoms. The van der Waals surface area contributed by atoms with Gasteiger partial charge in [-0.15, -0.1) is 0 Å². The first kappa shape index (κ1) is 10.7. The minimum atomic E-state index is -0.671. The average Bonchev–Trinajstić information content (AvgIpc) is 2.69. The first-order chi connectivity index (χ1) is 8.10. The van der Waals surface area contributed by atoms with E-state index in [1.807, 2.05) is 0 Å². The highest BCUT2D eigenvalue weighted by Crippen LogP contribution is 2.51. The van der Waals surface area contributed by atoms with E-state index >= 15 is 0 Å². The second-order valence-electron chi connectivity index (χ2n) is 5.10. The first-order valence-corrected chi connectivity index (χ1v) is 6.03. The second-order valence-corrected chi connectivity index (χ2v) is 5.10. The van der Waals surface area contributed by atoms with Crippen molar-refractivity contribution < 1.29 is 20.1 Å². The summed E-state index contributed by atoms with van der Waals surface area (Å²) in [6, 6.07) is 2.71. The Labute approximate surface area is 99.5 Å². The number of fused-ring (bicyclic) bond motifs is 1. The van der Waals surface area contributed by atoms with Crippen LogP contribution in [-0.4, -0.2) is 20.9 Å². The van der Waals surface area contributed by atoms with Crippen LogP contribution in [0.3, 0.4) is 0 Å². The Hall–Kier alpha value is -1.42. The smallest absolute Gasteiger partial charge is 0.167 e. The van der Waals surface area contributed by atoms with Crippen LogP contribution in [0.4, 0.5) is 0 Å². The summed E-state index contributed by atoms with van der Waals surface area (Å²) in [4.78, 5) is 0. The van der Waals surface area contributed by atoms with Gasteiger partial charge in [-0.2, -0.15) is 0 Å². The van der Waals surface area contributed by atoms with Crippen LogP contribution >= 0.6 is 0 Å². The van der Waals surface area contributed by atoms with Gasteiger partial charge in [-0.1, -0.05) is 0 Å². The Kier molecular flexibility index (Phi) is 2.23. The molecule has 1 aromatic carbocycles. The first-order valence-electron chi connectivity index (χ1n) is 6.03. The number of hydrogen-bond donors (Lipinski definition) is 3. The van der Waals surface area contributed by atoms with E-state index < -0.39 is 6.10 Å². The summed E-state index contributed by atoms with van der Waals surface area (Å²) in [5.41, 5.74) is 0.168. The molecule has 17 heavy (non-hydrogen) atoms. The molecule has 1 atom stereocenters. The molecule has 4 nitrogen and oxygen atoms in total. The fraction of sp³-hybridized carbons (Fsp3) is 0.538. The van der Waals surface area contributed by atoms with Gasteiger partial charge in [-0.25, -0.2) is 0 Å². The van der Waals surface area contributed by atoms with Gasteiger partial charge in [-0.05, 0) is 31.7 Å². The van der Waals surface area contributed by atoms with E-state index in [1.165, 1.54) is 12.1 Å². The Morgan fingerprint density at radius 1 is 1.18 bits per heavy atom. The number of ether oxygens (including phenoxy) is 1. The molecule has 1 aliphatic heterocycles. The van der Waals surface area contributed by atoms with Gasteiger partial charge in [0.05, 0.1) is 6.10 Å². The maximum Gasteiger partial charge on any atom is 0.167 e. The molecule has 1 unspecified atom stereocenters. The molecule has 0 saturated heterocycles. The molecule has 0 radical (unpaired) electrons. The quantitative estimate of drug-likeness (QED) is 0.646. The maximum atomic E-state index is 10.1. The predicted octanol–water partition coefficient (Wildman–Crippen LogP) is 2.23. The normalized spacial score (nSPS) is 25.6. The lowest BCUT2D eigenvalue weighted by atomic mass is 9.87. The van der Waals surface area contributed by atoms with Crippen molar-refractivity contribution in [3.8, 4) is 17.2 Å². The molecular weight excluding hydrogens is 220 g/mol. The van der Waals surface area contributed by atoms with Gasteiger partial charge < -0.3 is 20.1 Å². The summed E-state index contributed by atoms with van der Waals surface area (Å²) < 4.78 is 5.92. The lowest BCUT2D eigenvalue weighted by Gasteiger charge is -2.38. The molecule has 1 heterocycles. The van der Waals surface area contributed by atoms with E-state index in [-0.39, 0.29) is 17.1 Å². The molecule has 4 heteroatoms. The van der Waals surface area contributed by atoms with E-state index in [2.05, 4.69) is 0 Å². The van der Waals surface area contributed by atoms with E-state index in [0.29, 0.717) is 17.7 Å². The fourth-order valence-corrected chi connectivity index (χ4v) is 3.02. The van der Waals surface area contributed by atoms with Gasteiger partial charge in [0.2, 0.25) is 0 Å². The van der Waals surface area contributed by atoms with Crippen LogP contribution in [0.15, 0.2) is 12.1 Å². The minimum absolute atomic E-state index is 0.0497. The topological polar surface area (TPSA) is 69.9 Å². The Balaban J connectivity index is 2.06. The Morgan fingerprint density at radius 2 is 1.88 bits per heavy atom. The molecule has 1 aromatic rings. The molecule has 1 fully saturated rings. The van der Waals surface area contributed by atoms with Gasteiger partial charge in [0.25, 0.3) is 0 Å². The van der Waals surface area contributed by atoms with Crippen molar-refractivity contribution in [3.63, 3.8) is 0 Å². The van der Waals surface area contributed by atoms with E-state index in [1.54, 1.807) is 0 Å². The van der Waals surface area contributed by atoms with Crippen molar-refractivity contribution in [2.24, 2.45) is 0 Å². The van der Waals surface area contributed by atoms with Gasteiger partial charge in [-0.3, -0.25) is 0 Å². The van der Waals surface area contributed by atoms with Crippen molar-refractivity contribution in [3.05, 3.63) is 17.7 Å². The third-order valence-corrected chi connectivity index (χ3v) is 3.84. The maximum absolute atomic E-state index is 10.1. The van der Waals surface area contributed by atoms with Gasteiger partial charge in [0.15, 0.2) is 11.5 Å². The van der Waals surface area contributed by atoms with E-state index in [4.69, 9.17) is 4.74 Å². The monoisotopic (exact) mass is 236 g/mol. The number of aliphatic hydroxyl groups excluding tert-OH is 1. The lowest BCUT2D eigenvalue weighted by Crippen LogP contribution is -2.38. The summed E-state index contributed by atoms with van der Waals surface area (Å²) >= 11 is 0. The number of aliphatic hydroxyl groups is 1. The standard InChI is InChI=1S/C13H16O4/c14-8-5-9-11(16)7-13(3-1-2-4-13)17-12(9)10(15)6-8/h5-6,11,14-16H,1-4,7H2. The van der Waals surface area contributed by atoms with E-state index in [9.17, 15) is 15.3 Å². The Morgan fingerprint density at radius 3 is 2.59 bits per heavy atom. The van der Waals surface area contributed by atoms with Crippen molar-refractivity contribution in [2.45, 2.75) is 43.8 Å². The van der Waals surface area contributed by atoms with Gasteiger partial charge in [0.1, 0.15) is 11.4 Å². The number of rotatable bonds is 0. The van der Waals surface area contributed by atoms with E-state index in [0.717, 1.165) is 25.7 Å². The molecular formula is C13H16O4. The highest BCUT2D eigenvalue weighted by Gasteiger charge is 2.43. The molecule has 3 rings (SSSR count). The van der Waals surface area contributed by atoms with Crippen LogP contribution in [0.5, 0.6) is 17.2 Å². The van der Waals surface area contributed by atoms with Crippen LogP contribution in [0.1, 0.15) is 43.8 Å². The Bertz CT molecular complexity index is 449. The minimum Gasteiger partial charge on any atom is -0.508 e. The summed E-state index contributed by atoms with van der Waals surface area (Å²) in [7, 11) is 0. The molecule has 3 N–H and O–H groups in total. The molecule has 0 amide bonds. The molecule has 1 aliphatic carbocycles. The molecule has 0 bridgehead atoms. The summed E-state index contributed by atoms with van der Waals surface area (Å²) in [6.07, 6.45) is 3.91. The zero-order valence-electron chi connectivity index (χ0n) is 9.52. The van der Waals surface area contributed by atoms with Crippen molar-refractivity contribution in [2.75, 3.05) is 0 Å². The largest absolute Gasteiger partial charge is 0.508 e. The van der Waals surface area contributed by atoms with Crippen LogP contribution in [0.25, 0.3) is 0 Å². The summed E-state index contributed by atoms with van der Waals surface area (Å²) in [6.45, 7) is 0. The number of hydrogen-bond acceptors (Lipinski definition) is 4. The predicted molar refractivity (Wildman–Crippen MR) is 61.2 cm³/mol. The molecule has 92 valence electrons. The SMILES string of the molecule is Oc1cc(O)c2c(c1)C(O)CC1(CCCC1)O2. The molecule has 2 aliphatic rings. The zero-order valence-corrected chi connectivity index (χ0v) is 9.52. The number of benzene rings is 1. The number of aromatic hydroxyl groups is 2.